The van der Waals surface area contributed by atoms with E-state index >= 15 is 0 Å². The maximum Gasteiger partial charge on any atom is 0.339 e. The number of furan rings is 1. The zero-order chi connectivity index (χ0) is 16.2. The molecule has 0 bridgehead atoms. The van der Waals surface area contributed by atoms with Crippen molar-refractivity contribution in [1.82, 2.24) is 10.2 Å². The van der Waals surface area contributed by atoms with Gasteiger partial charge in [0.1, 0.15) is 11.3 Å². The Labute approximate surface area is 122 Å². The van der Waals surface area contributed by atoms with Crippen LogP contribution >= 0.6 is 0 Å². The summed E-state index contributed by atoms with van der Waals surface area (Å²) in [6, 6.07) is 1.23. The molecule has 0 fully saturated rings. The van der Waals surface area contributed by atoms with Gasteiger partial charge in [0.15, 0.2) is 5.76 Å². The van der Waals surface area contributed by atoms with E-state index in [-0.39, 0.29) is 35.5 Å². The quantitative estimate of drug-likeness (QED) is 0.815. The van der Waals surface area contributed by atoms with Crippen LogP contribution in [-0.2, 0) is 11.2 Å². The molecule has 7 nitrogen and oxygen atoms in total. The van der Waals surface area contributed by atoms with Crippen molar-refractivity contribution in [3.05, 3.63) is 23.2 Å². The second-order valence-corrected chi connectivity index (χ2v) is 4.81. The van der Waals surface area contributed by atoms with Gasteiger partial charge in [0.05, 0.1) is 5.92 Å². The van der Waals surface area contributed by atoms with Gasteiger partial charge in [0.25, 0.3) is 5.91 Å². The number of hydrogen-bond donors (Lipinski definition) is 2. The highest BCUT2D eigenvalue weighted by atomic mass is 16.4. The SMILES string of the molecule is CCc1oc(C(=O)N(C)CC(C)C(=O)NC)cc1C(=O)O. The van der Waals surface area contributed by atoms with E-state index in [1.807, 2.05) is 0 Å². The van der Waals surface area contributed by atoms with Crippen LogP contribution < -0.4 is 5.32 Å². The normalized spacial score (nSPS) is 11.8. The van der Waals surface area contributed by atoms with Crippen LogP contribution in [0, 0.1) is 5.92 Å². The zero-order valence-corrected chi connectivity index (χ0v) is 12.6. The molecule has 1 unspecified atom stereocenters. The fourth-order valence-corrected chi connectivity index (χ4v) is 1.99. The molecule has 2 N–H and O–H groups in total. The first-order valence-corrected chi connectivity index (χ1v) is 6.64. The summed E-state index contributed by atoms with van der Waals surface area (Å²) in [4.78, 5) is 36.0. The lowest BCUT2D eigenvalue weighted by molar-refractivity contribution is -0.124. The number of carbonyl (C=O) groups excluding carboxylic acids is 2. The molecule has 0 spiro atoms. The number of rotatable bonds is 6. The molecule has 7 heteroatoms. The highest BCUT2D eigenvalue weighted by molar-refractivity contribution is 5.96. The van der Waals surface area contributed by atoms with Gasteiger partial charge in [-0.05, 0) is 0 Å². The number of hydrogen-bond acceptors (Lipinski definition) is 4. The van der Waals surface area contributed by atoms with Gasteiger partial charge < -0.3 is 19.7 Å². The fraction of sp³-hybridized carbons (Fsp3) is 0.500. The third kappa shape index (κ3) is 3.84. The molecule has 0 saturated carbocycles. The summed E-state index contributed by atoms with van der Waals surface area (Å²) in [5.41, 5.74) is -0.00593. The van der Waals surface area contributed by atoms with Gasteiger partial charge >= 0.3 is 5.97 Å². The van der Waals surface area contributed by atoms with E-state index in [9.17, 15) is 14.4 Å². The van der Waals surface area contributed by atoms with Crippen LogP contribution in [0.15, 0.2) is 10.5 Å². The first kappa shape index (κ1) is 16.7. The average molecular weight is 296 g/mol. The van der Waals surface area contributed by atoms with Crippen LogP contribution in [0.3, 0.4) is 0 Å². The molecule has 1 aromatic rings. The highest BCUT2D eigenvalue weighted by Crippen LogP contribution is 2.18. The first-order chi connectivity index (χ1) is 9.81. The molecule has 1 rings (SSSR count). The lowest BCUT2D eigenvalue weighted by atomic mass is 10.1. The van der Waals surface area contributed by atoms with Crippen molar-refractivity contribution in [2.24, 2.45) is 5.92 Å². The van der Waals surface area contributed by atoms with E-state index in [2.05, 4.69) is 5.32 Å². The van der Waals surface area contributed by atoms with E-state index < -0.39 is 11.9 Å². The molecule has 0 aliphatic heterocycles. The van der Waals surface area contributed by atoms with Crippen LogP contribution in [0.2, 0.25) is 0 Å². The zero-order valence-electron chi connectivity index (χ0n) is 12.6. The fourth-order valence-electron chi connectivity index (χ4n) is 1.99. The summed E-state index contributed by atoms with van der Waals surface area (Å²) in [7, 11) is 3.07. The lowest BCUT2D eigenvalue weighted by Gasteiger charge is -2.19. The minimum atomic E-state index is -1.13. The number of nitrogens with one attached hydrogen (secondary N) is 1. The maximum atomic E-state index is 12.2. The van der Waals surface area contributed by atoms with Crippen molar-refractivity contribution >= 4 is 17.8 Å². The maximum absolute atomic E-state index is 12.2. The van der Waals surface area contributed by atoms with E-state index in [1.165, 1.54) is 25.1 Å². The number of carboxylic acids is 1. The van der Waals surface area contributed by atoms with Gasteiger partial charge in [-0.2, -0.15) is 0 Å². The number of nitrogens with zero attached hydrogens (tertiary/aromatic N) is 1. The predicted octanol–water partition coefficient (Wildman–Crippen LogP) is 0.994. The molecule has 0 aliphatic carbocycles. The number of amides is 2. The van der Waals surface area contributed by atoms with Gasteiger partial charge in [0, 0.05) is 33.1 Å². The predicted molar refractivity (Wildman–Crippen MR) is 75.2 cm³/mol. The molecular weight excluding hydrogens is 276 g/mol. The van der Waals surface area contributed by atoms with Crippen molar-refractivity contribution in [1.29, 1.82) is 0 Å². The number of carbonyl (C=O) groups is 3. The molecule has 1 atom stereocenters. The van der Waals surface area contributed by atoms with Gasteiger partial charge in [-0.25, -0.2) is 4.79 Å². The van der Waals surface area contributed by atoms with Gasteiger partial charge in [-0.3, -0.25) is 9.59 Å². The summed E-state index contributed by atoms with van der Waals surface area (Å²) in [5.74, 6) is -1.89. The van der Waals surface area contributed by atoms with Crippen LogP contribution in [0.5, 0.6) is 0 Å². The third-order valence-corrected chi connectivity index (χ3v) is 3.16. The second-order valence-electron chi connectivity index (χ2n) is 4.81. The molecule has 21 heavy (non-hydrogen) atoms. The summed E-state index contributed by atoms with van der Waals surface area (Å²) in [5, 5.41) is 11.6. The smallest absolute Gasteiger partial charge is 0.339 e. The molecular formula is C14H20N2O5. The summed E-state index contributed by atoms with van der Waals surface area (Å²) >= 11 is 0. The Bertz CT molecular complexity index is 550. The van der Waals surface area contributed by atoms with Crippen LogP contribution in [0.4, 0.5) is 0 Å². The van der Waals surface area contributed by atoms with Crippen LogP contribution in [-0.4, -0.2) is 48.4 Å². The van der Waals surface area contributed by atoms with Crippen LogP contribution in [0.1, 0.15) is 40.5 Å². The molecule has 1 aromatic heterocycles. The summed E-state index contributed by atoms with van der Waals surface area (Å²) < 4.78 is 5.30. The Hall–Kier alpha value is -2.31. The third-order valence-electron chi connectivity index (χ3n) is 3.16. The Morgan fingerprint density at radius 1 is 1.43 bits per heavy atom. The van der Waals surface area contributed by atoms with E-state index in [0.29, 0.717) is 6.42 Å². The molecule has 2 amide bonds. The molecule has 0 radical (unpaired) electrons. The van der Waals surface area contributed by atoms with Gasteiger partial charge in [0.2, 0.25) is 5.91 Å². The number of carboxylic acid groups (broad SMARTS) is 1. The first-order valence-electron chi connectivity index (χ1n) is 6.64. The van der Waals surface area contributed by atoms with Gasteiger partial charge in [-0.1, -0.05) is 13.8 Å². The van der Waals surface area contributed by atoms with Crippen molar-refractivity contribution in [3.8, 4) is 0 Å². The summed E-state index contributed by atoms with van der Waals surface area (Å²) in [6.07, 6.45) is 0.382. The Balaban J connectivity index is 2.88. The molecule has 0 aromatic carbocycles. The van der Waals surface area contributed by atoms with E-state index in [4.69, 9.17) is 9.52 Å². The van der Waals surface area contributed by atoms with Crippen molar-refractivity contribution in [3.63, 3.8) is 0 Å². The van der Waals surface area contributed by atoms with Crippen molar-refractivity contribution in [2.75, 3.05) is 20.6 Å². The number of aromatic carboxylic acids is 1. The Morgan fingerprint density at radius 3 is 2.48 bits per heavy atom. The largest absolute Gasteiger partial charge is 0.478 e. The topological polar surface area (TPSA) is 99.9 Å². The molecule has 0 aliphatic rings. The molecule has 0 saturated heterocycles. The van der Waals surface area contributed by atoms with Crippen molar-refractivity contribution < 1.29 is 23.9 Å². The molecule has 116 valence electrons. The second kappa shape index (κ2) is 6.92. The highest BCUT2D eigenvalue weighted by Gasteiger charge is 2.24. The average Bonchev–Trinajstić information content (AvgIpc) is 2.89. The summed E-state index contributed by atoms with van der Waals surface area (Å²) in [6.45, 7) is 3.66. The Morgan fingerprint density at radius 2 is 2.05 bits per heavy atom. The van der Waals surface area contributed by atoms with E-state index in [0.717, 1.165) is 0 Å². The minimum absolute atomic E-state index is 0.00593. The molecule has 1 heterocycles. The van der Waals surface area contributed by atoms with Crippen LogP contribution in [0.25, 0.3) is 0 Å². The monoisotopic (exact) mass is 296 g/mol. The Kier molecular flexibility index (Phi) is 5.52. The lowest BCUT2D eigenvalue weighted by Crippen LogP contribution is -2.37. The van der Waals surface area contributed by atoms with E-state index in [1.54, 1.807) is 13.8 Å². The minimum Gasteiger partial charge on any atom is -0.478 e. The number of aryl methyl sites for hydroxylation is 1. The van der Waals surface area contributed by atoms with Crippen molar-refractivity contribution in [2.45, 2.75) is 20.3 Å². The van der Waals surface area contributed by atoms with Gasteiger partial charge in [-0.15, -0.1) is 0 Å². The standard InChI is InChI=1S/C14H20N2O5/c1-5-10-9(14(19)20)6-11(21-10)13(18)16(4)7-8(2)12(17)15-3/h6,8H,5,7H2,1-4H3,(H,15,17)(H,19,20).